The summed E-state index contributed by atoms with van der Waals surface area (Å²) in [6.45, 7) is 8.74. The van der Waals surface area contributed by atoms with Crippen LogP contribution in [-0.2, 0) is 25.5 Å². The number of aromatic nitrogens is 1. The molecule has 7 nitrogen and oxygen atoms in total. The Balaban J connectivity index is 2.23. The molecular formula is C28H39NO6. The van der Waals surface area contributed by atoms with Crippen LogP contribution in [0.15, 0.2) is 60.3 Å². The summed E-state index contributed by atoms with van der Waals surface area (Å²) in [5, 5.41) is 21.2. The summed E-state index contributed by atoms with van der Waals surface area (Å²) in [5.41, 5.74) is 0.465. The third-order valence-electron chi connectivity index (χ3n) is 6.12. The van der Waals surface area contributed by atoms with Gasteiger partial charge in [0.05, 0.1) is 12.5 Å². The molecule has 2 N–H and O–H groups in total. The van der Waals surface area contributed by atoms with E-state index in [2.05, 4.69) is 18.0 Å². The minimum absolute atomic E-state index is 0.155. The lowest BCUT2D eigenvalue weighted by atomic mass is 9.88. The van der Waals surface area contributed by atoms with Crippen LogP contribution in [0.4, 0.5) is 0 Å². The predicted molar refractivity (Wildman–Crippen MR) is 134 cm³/mol. The molecule has 192 valence electrons. The maximum absolute atomic E-state index is 12.5. The van der Waals surface area contributed by atoms with E-state index < -0.39 is 35.9 Å². The van der Waals surface area contributed by atoms with Gasteiger partial charge in [-0.25, -0.2) is 0 Å². The third-order valence-corrected chi connectivity index (χ3v) is 6.12. The van der Waals surface area contributed by atoms with Gasteiger partial charge in [-0.3, -0.25) is 14.6 Å². The molecule has 1 aliphatic rings. The minimum Gasteiger partial charge on any atom is -0.457 e. The Morgan fingerprint density at radius 1 is 1.34 bits per heavy atom. The number of cyclic esters (lactones) is 1. The van der Waals surface area contributed by atoms with Crippen LogP contribution >= 0.6 is 0 Å². The molecule has 0 amide bonds. The van der Waals surface area contributed by atoms with Crippen LogP contribution < -0.4 is 0 Å². The summed E-state index contributed by atoms with van der Waals surface area (Å²) >= 11 is 0. The van der Waals surface area contributed by atoms with E-state index in [0.717, 1.165) is 17.7 Å². The van der Waals surface area contributed by atoms with Crippen LogP contribution in [0.1, 0.15) is 59.6 Å². The van der Waals surface area contributed by atoms with Gasteiger partial charge in [0.15, 0.2) is 0 Å². The van der Waals surface area contributed by atoms with Gasteiger partial charge in [0.25, 0.3) is 0 Å². The standard InChI is InChI=1S/C28H39NO6/c1-19(17-23-11-6-7-16-29-23)9-8-10-20(2)27-21(3)12-13-25(34-22(4)30)28(5,33)15-14-24(31)18-26(32)35-27/h6-13,16,19,21,24-25,27,31,33H,14-15,17-18H2,1-5H3/b9-8+,13-12+,20-10+/t19?,21-,24+,25-,27+,28+/m0/s1. The van der Waals surface area contributed by atoms with Crippen molar-refractivity contribution in [2.45, 2.75) is 84.2 Å². The summed E-state index contributed by atoms with van der Waals surface area (Å²) in [5.74, 6) is -1.00. The quantitative estimate of drug-likeness (QED) is 0.355. The zero-order valence-corrected chi connectivity index (χ0v) is 21.4. The molecule has 1 aliphatic heterocycles. The van der Waals surface area contributed by atoms with E-state index in [1.807, 2.05) is 44.2 Å². The van der Waals surface area contributed by atoms with Crippen LogP contribution in [0, 0.1) is 11.8 Å². The van der Waals surface area contributed by atoms with Crippen LogP contribution in [0.25, 0.3) is 0 Å². The second kappa shape index (κ2) is 13.4. The lowest BCUT2D eigenvalue weighted by Gasteiger charge is -2.32. The maximum Gasteiger partial charge on any atom is 0.309 e. The maximum atomic E-state index is 12.5. The van der Waals surface area contributed by atoms with E-state index in [1.54, 1.807) is 25.3 Å². The van der Waals surface area contributed by atoms with Crippen molar-refractivity contribution in [3.8, 4) is 0 Å². The lowest BCUT2D eigenvalue weighted by molar-refractivity contribution is -0.157. The molecule has 0 aliphatic carbocycles. The topological polar surface area (TPSA) is 106 Å². The van der Waals surface area contributed by atoms with Crippen molar-refractivity contribution < 1.29 is 29.3 Å². The van der Waals surface area contributed by atoms with Crippen molar-refractivity contribution in [3.05, 3.63) is 66.0 Å². The highest BCUT2D eigenvalue weighted by molar-refractivity contribution is 5.70. The zero-order chi connectivity index (χ0) is 26.0. The Hall–Kier alpha value is -2.77. The van der Waals surface area contributed by atoms with E-state index in [1.165, 1.54) is 6.92 Å². The van der Waals surface area contributed by atoms with Crippen molar-refractivity contribution in [2.75, 3.05) is 0 Å². The Morgan fingerprint density at radius 2 is 2.09 bits per heavy atom. The summed E-state index contributed by atoms with van der Waals surface area (Å²) < 4.78 is 11.1. The average molecular weight is 486 g/mol. The Bertz CT molecular complexity index is 921. The SMILES string of the molecule is CC(=O)O[C@H]1/C=C/[C@H](C)[C@@H](/C(C)=C/C=C/C(C)Cc2ccccn2)OC(=O)C[C@H](O)CC[C@@]1(C)O. The molecule has 1 aromatic heterocycles. The number of hydrogen-bond acceptors (Lipinski definition) is 7. The smallest absolute Gasteiger partial charge is 0.309 e. The summed E-state index contributed by atoms with van der Waals surface area (Å²) in [6, 6.07) is 5.86. The molecule has 35 heavy (non-hydrogen) atoms. The first-order valence-corrected chi connectivity index (χ1v) is 12.2. The summed E-state index contributed by atoms with van der Waals surface area (Å²) in [6.07, 6.45) is 9.68. The number of carbonyl (C=O) groups excluding carboxylic acids is 2. The number of rotatable bonds is 6. The molecule has 0 aromatic carbocycles. The highest BCUT2D eigenvalue weighted by Gasteiger charge is 2.34. The van der Waals surface area contributed by atoms with Gasteiger partial charge in [-0.2, -0.15) is 0 Å². The number of esters is 2. The minimum atomic E-state index is -1.39. The van der Waals surface area contributed by atoms with Crippen molar-refractivity contribution in [3.63, 3.8) is 0 Å². The van der Waals surface area contributed by atoms with Crippen molar-refractivity contribution >= 4 is 11.9 Å². The van der Waals surface area contributed by atoms with Crippen LogP contribution in [0.5, 0.6) is 0 Å². The van der Waals surface area contributed by atoms with Crippen molar-refractivity contribution in [1.82, 2.24) is 4.98 Å². The van der Waals surface area contributed by atoms with E-state index in [0.29, 0.717) is 0 Å². The molecule has 0 saturated heterocycles. The number of nitrogens with zero attached hydrogens (tertiary/aromatic N) is 1. The average Bonchev–Trinajstić information content (AvgIpc) is 2.78. The zero-order valence-electron chi connectivity index (χ0n) is 21.4. The van der Waals surface area contributed by atoms with E-state index >= 15 is 0 Å². The Labute approximate surface area is 208 Å². The second-order valence-corrected chi connectivity index (χ2v) is 9.74. The molecule has 6 atom stereocenters. The molecule has 0 saturated carbocycles. The normalized spacial score (nSPS) is 30.6. The summed E-state index contributed by atoms with van der Waals surface area (Å²) in [7, 11) is 0. The third kappa shape index (κ3) is 9.78. The van der Waals surface area contributed by atoms with Gasteiger partial charge in [-0.15, -0.1) is 0 Å². The van der Waals surface area contributed by atoms with Gasteiger partial charge in [0, 0.05) is 24.7 Å². The van der Waals surface area contributed by atoms with Gasteiger partial charge in [-0.1, -0.05) is 44.2 Å². The number of allylic oxidation sites excluding steroid dienone is 3. The molecule has 7 heteroatoms. The largest absolute Gasteiger partial charge is 0.457 e. The van der Waals surface area contributed by atoms with Crippen LogP contribution in [-0.4, -0.2) is 51.0 Å². The van der Waals surface area contributed by atoms with E-state index in [4.69, 9.17) is 9.47 Å². The molecule has 0 fully saturated rings. The van der Waals surface area contributed by atoms with E-state index in [9.17, 15) is 19.8 Å². The number of ether oxygens (including phenoxy) is 2. The van der Waals surface area contributed by atoms with Crippen molar-refractivity contribution in [2.24, 2.45) is 11.8 Å². The first-order chi connectivity index (χ1) is 16.5. The van der Waals surface area contributed by atoms with Crippen LogP contribution in [0.3, 0.4) is 0 Å². The number of aliphatic hydroxyl groups is 2. The van der Waals surface area contributed by atoms with Crippen molar-refractivity contribution in [1.29, 1.82) is 0 Å². The molecule has 1 unspecified atom stereocenters. The number of hydrogen-bond donors (Lipinski definition) is 2. The molecule has 2 heterocycles. The molecule has 0 radical (unpaired) electrons. The fourth-order valence-corrected chi connectivity index (χ4v) is 4.04. The molecule has 0 bridgehead atoms. The predicted octanol–water partition coefficient (Wildman–Crippen LogP) is 4.09. The molecule has 2 rings (SSSR count). The number of pyridine rings is 1. The second-order valence-electron chi connectivity index (χ2n) is 9.74. The Kier molecular flexibility index (Phi) is 10.9. The van der Waals surface area contributed by atoms with Gasteiger partial charge in [0.1, 0.15) is 17.8 Å². The highest BCUT2D eigenvalue weighted by atomic mass is 16.6. The highest BCUT2D eigenvalue weighted by Crippen LogP contribution is 2.27. The molecular weight excluding hydrogens is 446 g/mol. The first-order valence-electron chi connectivity index (χ1n) is 12.2. The van der Waals surface area contributed by atoms with Gasteiger partial charge in [0.2, 0.25) is 0 Å². The number of carbonyl (C=O) groups is 2. The fraction of sp³-hybridized carbons (Fsp3) is 0.536. The van der Waals surface area contributed by atoms with Gasteiger partial charge < -0.3 is 19.7 Å². The summed E-state index contributed by atoms with van der Waals surface area (Å²) in [4.78, 5) is 28.5. The molecule has 0 spiro atoms. The molecule has 1 aromatic rings. The fourth-order valence-electron chi connectivity index (χ4n) is 4.04. The van der Waals surface area contributed by atoms with Gasteiger partial charge >= 0.3 is 11.9 Å². The monoisotopic (exact) mass is 485 g/mol. The van der Waals surface area contributed by atoms with Crippen LogP contribution in [0.2, 0.25) is 0 Å². The lowest BCUT2D eigenvalue weighted by Crippen LogP contribution is -2.42. The Morgan fingerprint density at radius 3 is 2.74 bits per heavy atom. The van der Waals surface area contributed by atoms with Gasteiger partial charge in [-0.05, 0) is 62.8 Å². The number of aliphatic hydroxyl groups excluding tert-OH is 1. The van der Waals surface area contributed by atoms with E-state index in [-0.39, 0.29) is 31.1 Å². The first kappa shape index (κ1) is 28.5.